The van der Waals surface area contributed by atoms with Crippen molar-refractivity contribution in [1.82, 2.24) is 15.2 Å². The molecule has 0 saturated carbocycles. The Hall–Kier alpha value is -1.73. The summed E-state index contributed by atoms with van der Waals surface area (Å²) in [5.41, 5.74) is 1.07. The van der Waals surface area contributed by atoms with Crippen LogP contribution in [0.4, 0.5) is 5.13 Å². The lowest BCUT2D eigenvalue weighted by Gasteiger charge is -1.94. The van der Waals surface area contributed by atoms with Crippen LogP contribution >= 0.6 is 22.7 Å². The Labute approximate surface area is 124 Å². The van der Waals surface area contributed by atoms with Crippen LogP contribution in [-0.4, -0.2) is 22.2 Å². The fraction of sp³-hybridized carbons (Fsp3) is 0.308. The molecule has 5 nitrogen and oxygen atoms in total. The van der Waals surface area contributed by atoms with Gasteiger partial charge in [-0.2, -0.15) is 0 Å². The van der Waals surface area contributed by atoms with Crippen LogP contribution in [0.2, 0.25) is 0 Å². The van der Waals surface area contributed by atoms with Crippen molar-refractivity contribution in [2.24, 2.45) is 0 Å². The topological polar surface area (TPSA) is 63.8 Å². The molecule has 0 saturated heterocycles. The maximum atomic E-state index is 5.43. The molecule has 0 aliphatic rings. The van der Waals surface area contributed by atoms with Gasteiger partial charge in [-0.15, -0.1) is 21.5 Å². The van der Waals surface area contributed by atoms with E-state index in [4.69, 9.17) is 9.40 Å². The summed E-state index contributed by atoms with van der Waals surface area (Å²) in [6.45, 7) is 2.15. The molecule has 3 heterocycles. The minimum Gasteiger partial charge on any atom is -0.462 e. The maximum absolute atomic E-state index is 5.43. The Morgan fingerprint density at radius 1 is 1.25 bits per heavy atom. The van der Waals surface area contributed by atoms with Crippen LogP contribution in [0.25, 0.3) is 20.7 Å². The normalized spacial score (nSPS) is 10.9. The molecule has 0 aliphatic heterocycles. The summed E-state index contributed by atoms with van der Waals surface area (Å²) in [6, 6.07) is 3.80. The van der Waals surface area contributed by atoms with E-state index in [0.717, 1.165) is 44.3 Å². The first-order chi connectivity index (χ1) is 9.81. The van der Waals surface area contributed by atoms with E-state index in [1.54, 1.807) is 28.9 Å². The first-order valence-corrected chi connectivity index (χ1v) is 8.00. The third-order valence-electron chi connectivity index (χ3n) is 2.75. The highest BCUT2D eigenvalue weighted by molar-refractivity contribution is 7.24. The molecule has 104 valence electrons. The van der Waals surface area contributed by atoms with E-state index in [2.05, 4.69) is 22.4 Å². The summed E-state index contributed by atoms with van der Waals surface area (Å²) in [7, 11) is 1.85. The fourth-order valence-corrected chi connectivity index (χ4v) is 3.72. The average molecular weight is 306 g/mol. The molecule has 0 radical (unpaired) electrons. The van der Waals surface area contributed by atoms with E-state index in [9.17, 15) is 0 Å². The van der Waals surface area contributed by atoms with Crippen molar-refractivity contribution in [1.29, 1.82) is 0 Å². The van der Waals surface area contributed by atoms with Gasteiger partial charge in [-0.3, -0.25) is 0 Å². The van der Waals surface area contributed by atoms with Crippen molar-refractivity contribution in [3.8, 4) is 20.7 Å². The maximum Gasteiger partial charge on any atom is 0.205 e. The quantitative estimate of drug-likeness (QED) is 0.774. The van der Waals surface area contributed by atoms with Gasteiger partial charge in [0.15, 0.2) is 15.8 Å². The summed E-state index contributed by atoms with van der Waals surface area (Å²) in [6.07, 6.45) is 3.65. The molecule has 3 rings (SSSR count). The number of aryl methyl sites for hydroxylation is 1. The number of thiazole rings is 1. The lowest BCUT2D eigenvalue weighted by Crippen LogP contribution is -1.87. The summed E-state index contributed by atoms with van der Waals surface area (Å²) < 4.78 is 5.43. The summed E-state index contributed by atoms with van der Waals surface area (Å²) >= 11 is 3.15. The lowest BCUT2D eigenvalue weighted by molar-refractivity contribution is 0.581. The third-order valence-corrected chi connectivity index (χ3v) is 4.96. The Balaban J connectivity index is 2.04. The second-order valence-electron chi connectivity index (χ2n) is 4.18. The van der Waals surface area contributed by atoms with E-state index in [1.807, 2.05) is 19.2 Å². The zero-order chi connectivity index (χ0) is 13.9. The lowest BCUT2D eigenvalue weighted by atomic mass is 10.2. The number of rotatable bonds is 5. The van der Waals surface area contributed by atoms with E-state index in [0.29, 0.717) is 0 Å². The Morgan fingerprint density at radius 3 is 2.80 bits per heavy atom. The molecule has 0 spiro atoms. The Morgan fingerprint density at radius 2 is 2.15 bits per heavy atom. The molecule has 0 atom stereocenters. The average Bonchev–Trinajstić information content (AvgIpc) is 3.19. The Bertz CT molecular complexity index is 687. The smallest absolute Gasteiger partial charge is 0.205 e. The van der Waals surface area contributed by atoms with Crippen molar-refractivity contribution in [3.63, 3.8) is 0 Å². The number of nitrogens with one attached hydrogen (secondary N) is 1. The molecular formula is C13H14N4OS2. The minimum atomic E-state index is 0.803. The van der Waals surface area contributed by atoms with Gasteiger partial charge in [0.25, 0.3) is 0 Å². The summed E-state index contributed by atoms with van der Waals surface area (Å²) in [5, 5.41) is 14.0. The van der Waals surface area contributed by atoms with Gasteiger partial charge in [0.05, 0.1) is 16.8 Å². The Kier molecular flexibility index (Phi) is 3.79. The van der Waals surface area contributed by atoms with Crippen LogP contribution < -0.4 is 5.32 Å². The van der Waals surface area contributed by atoms with Gasteiger partial charge in [0.2, 0.25) is 5.13 Å². The number of hydrogen-bond donors (Lipinski definition) is 1. The van der Waals surface area contributed by atoms with Gasteiger partial charge < -0.3 is 9.73 Å². The van der Waals surface area contributed by atoms with Crippen LogP contribution in [0.1, 0.15) is 19.0 Å². The van der Waals surface area contributed by atoms with Crippen LogP contribution in [0.5, 0.6) is 0 Å². The fourth-order valence-electron chi connectivity index (χ4n) is 1.85. The largest absolute Gasteiger partial charge is 0.462 e. The van der Waals surface area contributed by atoms with Crippen molar-refractivity contribution in [2.45, 2.75) is 19.8 Å². The number of anilines is 1. The molecule has 1 N–H and O–H groups in total. The van der Waals surface area contributed by atoms with E-state index in [-0.39, 0.29) is 0 Å². The number of hydrogen-bond acceptors (Lipinski definition) is 7. The second kappa shape index (κ2) is 5.72. The van der Waals surface area contributed by atoms with Gasteiger partial charge in [-0.1, -0.05) is 24.7 Å². The molecule has 7 heteroatoms. The predicted molar refractivity (Wildman–Crippen MR) is 82.3 cm³/mol. The standard InChI is InChI=1S/C13H14N4OS2/c1-3-5-8-10(12-16-17-13(14-2)20-12)19-11(15-8)9-6-4-7-18-9/h4,6-7H,3,5H2,1-2H3,(H,14,17). The minimum absolute atomic E-state index is 0.803. The molecule has 20 heavy (non-hydrogen) atoms. The first-order valence-electron chi connectivity index (χ1n) is 6.37. The number of nitrogens with zero attached hydrogens (tertiary/aromatic N) is 3. The molecule has 3 aromatic heterocycles. The molecule has 0 bridgehead atoms. The molecule has 3 aromatic rings. The van der Waals surface area contributed by atoms with Crippen LogP contribution in [0.15, 0.2) is 22.8 Å². The van der Waals surface area contributed by atoms with E-state index < -0.39 is 0 Å². The molecule has 0 aromatic carbocycles. The van der Waals surface area contributed by atoms with Crippen molar-refractivity contribution in [3.05, 3.63) is 24.1 Å². The highest BCUT2D eigenvalue weighted by Gasteiger charge is 2.18. The second-order valence-corrected chi connectivity index (χ2v) is 6.16. The SMILES string of the molecule is CCCc1nc(-c2ccco2)sc1-c1nnc(NC)s1. The van der Waals surface area contributed by atoms with Crippen molar-refractivity contribution in [2.75, 3.05) is 12.4 Å². The summed E-state index contributed by atoms with van der Waals surface area (Å²) in [5.74, 6) is 0.803. The summed E-state index contributed by atoms with van der Waals surface area (Å²) in [4.78, 5) is 5.79. The number of aromatic nitrogens is 3. The van der Waals surface area contributed by atoms with Gasteiger partial charge >= 0.3 is 0 Å². The van der Waals surface area contributed by atoms with Gasteiger partial charge in [0, 0.05) is 7.05 Å². The molecular weight excluding hydrogens is 292 g/mol. The number of furan rings is 1. The molecule has 0 amide bonds. The van der Waals surface area contributed by atoms with Crippen molar-refractivity contribution >= 4 is 27.8 Å². The predicted octanol–water partition coefficient (Wildman–Crippen LogP) is 3.92. The monoisotopic (exact) mass is 306 g/mol. The molecule has 0 unspecified atom stereocenters. The van der Waals surface area contributed by atoms with E-state index >= 15 is 0 Å². The highest BCUT2D eigenvalue weighted by Crippen LogP contribution is 2.38. The van der Waals surface area contributed by atoms with Gasteiger partial charge in [0.1, 0.15) is 0 Å². The highest BCUT2D eigenvalue weighted by atomic mass is 32.1. The molecule has 0 fully saturated rings. The van der Waals surface area contributed by atoms with Crippen LogP contribution in [0, 0.1) is 0 Å². The van der Waals surface area contributed by atoms with Gasteiger partial charge in [-0.05, 0) is 18.6 Å². The third kappa shape index (κ3) is 2.46. The zero-order valence-corrected chi connectivity index (χ0v) is 12.8. The van der Waals surface area contributed by atoms with E-state index in [1.165, 1.54) is 0 Å². The van der Waals surface area contributed by atoms with Crippen LogP contribution in [-0.2, 0) is 6.42 Å². The zero-order valence-electron chi connectivity index (χ0n) is 11.2. The van der Waals surface area contributed by atoms with Crippen molar-refractivity contribution < 1.29 is 4.42 Å². The first kappa shape index (κ1) is 13.3. The van der Waals surface area contributed by atoms with Crippen LogP contribution in [0.3, 0.4) is 0 Å². The van der Waals surface area contributed by atoms with Gasteiger partial charge in [-0.25, -0.2) is 4.98 Å². The molecule has 0 aliphatic carbocycles.